The number of rotatable bonds is 3. The molecule has 3 aromatic heterocycles. The molecule has 0 bridgehead atoms. The molecule has 4 heterocycles. The number of hydrogen-bond donors (Lipinski definition) is 1. The Morgan fingerprint density at radius 2 is 1.93 bits per heavy atom. The maximum absolute atomic E-state index is 14.4. The molecule has 9 heteroatoms. The fourth-order valence-electron chi connectivity index (χ4n) is 3.97. The predicted molar refractivity (Wildman–Crippen MR) is 111 cm³/mol. The van der Waals surface area contributed by atoms with Crippen LogP contribution in [0.5, 0.6) is 0 Å². The second-order valence-corrected chi connectivity index (χ2v) is 7.55. The number of ether oxygens (including phenoxy) is 1. The van der Waals surface area contributed by atoms with Gasteiger partial charge in [0, 0.05) is 35.3 Å². The van der Waals surface area contributed by atoms with Gasteiger partial charge >= 0.3 is 0 Å². The lowest BCUT2D eigenvalue weighted by molar-refractivity contribution is 0.0981. The number of morpholine rings is 1. The van der Waals surface area contributed by atoms with Crippen molar-refractivity contribution < 1.29 is 9.13 Å². The van der Waals surface area contributed by atoms with Crippen molar-refractivity contribution in [3.8, 4) is 17.1 Å². The molecule has 8 nitrogen and oxygen atoms in total. The number of aromatic amines is 1. The summed E-state index contributed by atoms with van der Waals surface area (Å²) in [5.41, 5.74) is 2.08. The summed E-state index contributed by atoms with van der Waals surface area (Å²) in [5.74, 6) is 2.37. The van der Waals surface area contributed by atoms with Crippen LogP contribution in [-0.2, 0) is 4.74 Å². The predicted octanol–water partition coefficient (Wildman–Crippen LogP) is 3.19. The van der Waals surface area contributed by atoms with Gasteiger partial charge in [-0.15, -0.1) is 10.2 Å². The summed E-state index contributed by atoms with van der Waals surface area (Å²) in [7, 11) is 0. The van der Waals surface area contributed by atoms with Crippen molar-refractivity contribution in [1.82, 2.24) is 29.7 Å². The van der Waals surface area contributed by atoms with E-state index >= 15 is 0 Å². The van der Waals surface area contributed by atoms with Crippen LogP contribution in [0.3, 0.4) is 0 Å². The molecule has 0 amide bonds. The van der Waals surface area contributed by atoms with Crippen molar-refractivity contribution in [2.45, 2.75) is 26.8 Å². The first-order chi connectivity index (χ1) is 14.5. The summed E-state index contributed by atoms with van der Waals surface area (Å²) in [6.07, 6.45) is 1.80. The zero-order valence-electron chi connectivity index (χ0n) is 17.1. The number of fused-ring (bicyclic) bond motifs is 1. The molecule has 0 aliphatic carbocycles. The molecule has 1 fully saturated rings. The Morgan fingerprint density at radius 3 is 2.70 bits per heavy atom. The van der Waals surface area contributed by atoms with Crippen LogP contribution in [0.2, 0.25) is 0 Å². The highest BCUT2D eigenvalue weighted by atomic mass is 19.1. The van der Waals surface area contributed by atoms with E-state index in [-0.39, 0.29) is 11.9 Å². The number of halogens is 1. The summed E-state index contributed by atoms with van der Waals surface area (Å²) >= 11 is 0. The van der Waals surface area contributed by atoms with Gasteiger partial charge in [0.1, 0.15) is 23.3 Å². The average Bonchev–Trinajstić information content (AvgIpc) is 3.33. The van der Waals surface area contributed by atoms with Crippen molar-refractivity contribution in [1.29, 1.82) is 0 Å². The smallest absolute Gasteiger partial charge is 0.228 e. The molecule has 1 unspecified atom stereocenters. The number of H-pyrrole nitrogens is 1. The third-order valence-electron chi connectivity index (χ3n) is 5.45. The van der Waals surface area contributed by atoms with Crippen LogP contribution < -0.4 is 4.90 Å². The number of hydrogen-bond acceptors (Lipinski definition) is 6. The molecule has 0 radical (unpaired) electrons. The van der Waals surface area contributed by atoms with Gasteiger partial charge in [0.05, 0.1) is 24.9 Å². The molecule has 1 aromatic carbocycles. The summed E-state index contributed by atoms with van der Waals surface area (Å²) in [5, 5.41) is 9.23. The van der Waals surface area contributed by atoms with Crippen LogP contribution in [0.1, 0.15) is 18.6 Å². The lowest BCUT2D eigenvalue weighted by Gasteiger charge is -2.33. The fraction of sp³-hybridized carbons (Fsp3) is 0.333. The van der Waals surface area contributed by atoms with Crippen molar-refractivity contribution in [3.05, 3.63) is 47.9 Å². The Morgan fingerprint density at radius 1 is 1.13 bits per heavy atom. The molecule has 30 heavy (non-hydrogen) atoms. The second-order valence-electron chi connectivity index (χ2n) is 7.55. The normalized spacial score (nSPS) is 17.1. The average molecular weight is 407 g/mol. The molecular weight excluding hydrogens is 385 g/mol. The maximum atomic E-state index is 14.4. The van der Waals surface area contributed by atoms with Gasteiger partial charge in [-0.3, -0.25) is 4.57 Å². The van der Waals surface area contributed by atoms with E-state index in [0.29, 0.717) is 42.8 Å². The van der Waals surface area contributed by atoms with E-state index in [1.807, 2.05) is 30.5 Å². The Labute approximate surface area is 172 Å². The van der Waals surface area contributed by atoms with E-state index in [0.717, 1.165) is 22.6 Å². The van der Waals surface area contributed by atoms with E-state index in [1.165, 1.54) is 12.1 Å². The SMILES string of the molecule is Cc1nnc(C)n1-c1cc(-c2cc(F)cc3[nH]ccc23)nc(N2CCOCC2C)n1. The van der Waals surface area contributed by atoms with Crippen molar-refractivity contribution in [2.24, 2.45) is 0 Å². The van der Waals surface area contributed by atoms with Crippen LogP contribution >= 0.6 is 0 Å². The molecule has 1 N–H and O–H groups in total. The third kappa shape index (κ3) is 3.11. The highest BCUT2D eigenvalue weighted by molar-refractivity contribution is 5.94. The first-order valence-corrected chi connectivity index (χ1v) is 9.91. The van der Waals surface area contributed by atoms with Crippen LogP contribution in [-0.4, -0.2) is 55.5 Å². The van der Waals surface area contributed by atoms with Crippen LogP contribution in [0.4, 0.5) is 10.3 Å². The molecule has 154 valence electrons. The third-order valence-corrected chi connectivity index (χ3v) is 5.45. The van der Waals surface area contributed by atoms with Crippen molar-refractivity contribution in [3.63, 3.8) is 0 Å². The van der Waals surface area contributed by atoms with Gasteiger partial charge in [0.25, 0.3) is 0 Å². The van der Waals surface area contributed by atoms with Gasteiger partial charge in [0.15, 0.2) is 0 Å². The molecule has 1 saturated heterocycles. The molecule has 1 aliphatic heterocycles. The maximum Gasteiger partial charge on any atom is 0.228 e. The molecule has 4 aromatic rings. The molecule has 0 spiro atoms. The van der Waals surface area contributed by atoms with Crippen LogP contribution in [0, 0.1) is 19.7 Å². The molecule has 1 aliphatic rings. The topological polar surface area (TPSA) is 84.8 Å². The van der Waals surface area contributed by atoms with Crippen molar-refractivity contribution >= 4 is 16.9 Å². The first kappa shape index (κ1) is 18.7. The number of nitrogens with zero attached hydrogens (tertiary/aromatic N) is 6. The van der Waals surface area contributed by atoms with Crippen molar-refractivity contribution in [2.75, 3.05) is 24.7 Å². The zero-order valence-corrected chi connectivity index (χ0v) is 17.1. The monoisotopic (exact) mass is 407 g/mol. The van der Waals surface area contributed by atoms with Gasteiger partial charge in [-0.05, 0) is 39.0 Å². The highest BCUT2D eigenvalue weighted by Crippen LogP contribution is 2.31. The Bertz CT molecular complexity index is 1210. The van der Waals surface area contributed by atoms with Gasteiger partial charge < -0.3 is 14.6 Å². The quantitative estimate of drug-likeness (QED) is 0.562. The van der Waals surface area contributed by atoms with E-state index in [2.05, 4.69) is 27.0 Å². The lowest BCUT2D eigenvalue weighted by atomic mass is 10.1. The Balaban J connectivity index is 1.75. The molecule has 0 saturated carbocycles. The number of anilines is 1. The standard InChI is InChI=1S/C21H22FN7O/c1-12-11-30-7-6-28(12)21-24-19(10-20(25-21)29-13(2)26-27-14(29)3)17-8-15(22)9-18-16(17)4-5-23-18/h4-5,8-10,12,23H,6-7,11H2,1-3H3. The van der Waals surface area contributed by atoms with E-state index in [9.17, 15) is 4.39 Å². The Kier molecular flexibility index (Phi) is 4.47. The summed E-state index contributed by atoms with van der Waals surface area (Å²) in [6.45, 7) is 7.75. The van der Waals surface area contributed by atoms with E-state index in [4.69, 9.17) is 14.7 Å². The minimum Gasteiger partial charge on any atom is -0.377 e. The first-order valence-electron chi connectivity index (χ1n) is 9.91. The summed E-state index contributed by atoms with van der Waals surface area (Å²) in [6, 6.07) is 6.92. The molecular formula is C21H22FN7O. The molecule has 5 rings (SSSR count). The van der Waals surface area contributed by atoms with E-state index < -0.39 is 0 Å². The van der Waals surface area contributed by atoms with Crippen LogP contribution in [0.25, 0.3) is 28.0 Å². The zero-order chi connectivity index (χ0) is 20.8. The second kappa shape index (κ2) is 7.17. The highest BCUT2D eigenvalue weighted by Gasteiger charge is 2.24. The number of benzene rings is 1. The van der Waals surface area contributed by atoms with Gasteiger partial charge in [-0.25, -0.2) is 9.37 Å². The molecule has 1 atom stereocenters. The number of nitrogens with one attached hydrogen (secondary N) is 1. The number of aromatic nitrogens is 6. The Hall–Kier alpha value is -3.33. The summed E-state index contributed by atoms with van der Waals surface area (Å²) in [4.78, 5) is 14.9. The van der Waals surface area contributed by atoms with Gasteiger partial charge in [-0.1, -0.05) is 0 Å². The summed E-state index contributed by atoms with van der Waals surface area (Å²) < 4.78 is 21.8. The lowest BCUT2D eigenvalue weighted by Crippen LogP contribution is -2.44. The minimum absolute atomic E-state index is 0.129. The number of aryl methyl sites for hydroxylation is 2. The van der Waals surface area contributed by atoms with Gasteiger partial charge in [-0.2, -0.15) is 4.98 Å². The largest absolute Gasteiger partial charge is 0.377 e. The van der Waals surface area contributed by atoms with Gasteiger partial charge in [0.2, 0.25) is 5.95 Å². The van der Waals surface area contributed by atoms with E-state index in [1.54, 1.807) is 6.20 Å². The van der Waals surface area contributed by atoms with Crippen LogP contribution in [0.15, 0.2) is 30.5 Å². The fourth-order valence-corrected chi connectivity index (χ4v) is 3.97. The minimum atomic E-state index is -0.321.